The fraction of sp³-hybridized carbons (Fsp3) is 0.900. The summed E-state index contributed by atoms with van der Waals surface area (Å²) in [6.45, 7) is 2.92. The number of carbonyl (C=O) groups is 1. The number of carboxylic acids is 1. The van der Waals surface area contributed by atoms with Crippen LogP contribution in [0.1, 0.15) is 13.3 Å². The highest BCUT2D eigenvalue weighted by Gasteiger charge is 2.25. The van der Waals surface area contributed by atoms with Crippen molar-refractivity contribution >= 4 is 5.97 Å². The van der Waals surface area contributed by atoms with Crippen molar-refractivity contribution in [3.05, 3.63) is 0 Å². The molecule has 1 aliphatic rings. The second-order valence-electron chi connectivity index (χ2n) is 4.42. The van der Waals surface area contributed by atoms with E-state index >= 15 is 0 Å². The Balaban J connectivity index is 2.38. The standard InChI is InChI=1S/C10H18F2N2O2/c1-7-2-8(13-3-9(11)12)5-14(4-7)6-10(15)16/h7-9,13H,2-6H2,1H3,(H,15,16). The smallest absolute Gasteiger partial charge is 0.317 e. The topological polar surface area (TPSA) is 52.6 Å². The van der Waals surface area contributed by atoms with Gasteiger partial charge in [-0.25, -0.2) is 8.78 Å². The van der Waals surface area contributed by atoms with E-state index < -0.39 is 12.4 Å². The fourth-order valence-electron chi connectivity index (χ4n) is 2.19. The summed E-state index contributed by atoms with van der Waals surface area (Å²) in [6.07, 6.45) is -1.53. The van der Waals surface area contributed by atoms with Crippen LogP contribution in [-0.2, 0) is 4.79 Å². The molecule has 1 aliphatic heterocycles. The van der Waals surface area contributed by atoms with Gasteiger partial charge < -0.3 is 10.4 Å². The average molecular weight is 236 g/mol. The molecule has 1 heterocycles. The number of aliphatic carboxylic acids is 1. The normalized spacial score (nSPS) is 27.2. The summed E-state index contributed by atoms with van der Waals surface area (Å²) in [7, 11) is 0. The first kappa shape index (κ1) is 13.3. The number of rotatable bonds is 5. The molecule has 2 N–H and O–H groups in total. The van der Waals surface area contributed by atoms with Gasteiger partial charge in [0.15, 0.2) is 0 Å². The van der Waals surface area contributed by atoms with Crippen LogP contribution in [0.2, 0.25) is 0 Å². The van der Waals surface area contributed by atoms with Gasteiger partial charge in [0.05, 0.1) is 13.1 Å². The van der Waals surface area contributed by atoms with Crippen LogP contribution in [0.4, 0.5) is 8.78 Å². The maximum absolute atomic E-state index is 12.0. The number of nitrogens with one attached hydrogen (secondary N) is 1. The molecular formula is C10H18F2N2O2. The average Bonchev–Trinajstić information content (AvgIpc) is 2.12. The van der Waals surface area contributed by atoms with Crippen molar-refractivity contribution in [2.45, 2.75) is 25.8 Å². The van der Waals surface area contributed by atoms with Gasteiger partial charge in [-0.3, -0.25) is 9.69 Å². The predicted octanol–water partition coefficient (Wildman–Crippen LogP) is 0.636. The molecular weight excluding hydrogens is 218 g/mol. The summed E-state index contributed by atoms with van der Waals surface area (Å²) < 4.78 is 24.0. The quantitative estimate of drug-likeness (QED) is 0.735. The number of carboxylic acid groups (broad SMARTS) is 1. The Labute approximate surface area is 93.6 Å². The summed E-state index contributed by atoms with van der Waals surface area (Å²) in [4.78, 5) is 12.4. The Kier molecular flexibility index (Phi) is 5.08. The molecule has 1 rings (SSSR count). The predicted molar refractivity (Wildman–Crippen MR) is 55.7 cm³/mol. The van der Waals surface area contributed by atoms with Gasteiger partial charge in [0.1, 0.15) is 0 Å². The molecule has 2 atom stereocenters. The number of hydrogen-bond donors (Lipinski definition) is 2. The number of alkyl halides is 2. The van der Waals surface area contributed by atoms with Gasteiger partial charge in [-0.05, 0) is 12.3 Å². The molecule has 0 aromatic carbocycles. The molecule has 0 amide bonds. The van der Waals surface area contributed by atoms with Gasteiger partial charge in [-0.1, -0.05) is 6.92 Å². The molecule has 0 aromatic rings. The van der Waals surface area contributed by atoms with Gasteiger partial charge >= 0.3 is 5.97 Å². The van der Waals surface area contributed by atoms with Crippen molar-refractivity contribution in [2.24, 2.45) is 5.92 Å². The van der Waals surface area contributed by atoms with Crippen LogP contribution >= 0.6 is 0 Å². The number of likely N-dealkylation sites (tertiary alicyclic amines) is 1. The van der Waals surface area contributed by atoms with E-state index in [0.717, 1.165) is 13.0 Å². The molecule has 1 fully saturated rings. The first-order valence-corrected chi connectivity index (χ1v) is 5.43. The van der Waals surface area contributed by atoms with Crippen molar-refractivity contribution in [3.63, 3.8) is 0 Å². The van der Waals surface area contributed by atoms with Gasteiger partial charge in [0.25, 0.3) is 6.43 Å². The molecule has 0 radical (unpaired) electrons. The third kappa shape index (κ3) is 4.85. The monoisotopic (exact) mass is 236 g/mol. The van der Waals surface area contributed by atoms with Crippen LogP contribution < -0.4 is 5.32 Å². The highest BCUT2D eigenvalue weighted by Crippen LogP contribution is 2.16. The second kappa shape index (κ2) is 6.10. The van der Waals surface area contributed by atoms with Gasteiger partial charge in [-0.15, -0.1) is 0 Å². The van der Waals surface area contributed by atoms with E-state index in [1.165, 1.54) is 0 Å². The maximum atomic E-state index is 12.0. The van der Waals surface area contributed by atoms with E-state index in [1.54, 1.807) is 4.90 Å². The Bertz CT molecular complexity index is 239. The van der Waals surface area contributed by atoms with Crippen LogP contribution in [0.25, 0.3) is 0 Å². The van der Waals surface area contributed by atoms with Crippen LogP contribution in [0, 0.1) is 5.92 Å². The molecule has 6 heteroatoms. The van der Waals surface area contributed by atoms with E-state index in [0.29, 0.717) is 12.5 Å². The Morgan fingerprint density at radius 1 is 1.56 bits per heavy atom. The zero-order valence-electron chi connectivity index (χ0n) is 9.33. The lowest BCUT2D eigenvalue weighted by Crippen LogP contribution is -2.50. The van der Waals surface area contributed by atoms with E-state index in [1.807, 2.05) is 6.92 Å². The van der Waals surface area contributed by atoms with Crippen molar-refractivity contribution in [3.8, 4) is 0 Å². The minimum absolute atomic E-state index is 0.0167. The van der Waals surface area contributed by atoms with Crippen molar-refractivity contribution in [1.82, 2.24) is 10.2 Å². The van der Waals surface area contributed by atoms with Gasteiger partial charge in [0, 0.05) is 19.1 Å². The first-order valence-electron chi connectivity index (χ1n) is 5.43. The molecule has 2 unspecified atom stereocenters. The Morgan fingerprint density at radius 3 is 2.81 bits per heavy atom. The van der Waals surface area contributed by atoms with E-state index in [4.69, 9.17) is 5.11 Å². The Morgan fingerprint density at radius 2 is 2.25 bits per heavy atom. The number of halogens is 2. The number of hydrogen-bond acceptors (Lipinski definition) is 3. The fourth-order valence-corrected chi connectivity index (χ4v) is 2.19. The molecule has 0 aliphatic carbocycles. The zero-order chi connectivity index (χ0) is 12.1. The third-order valence-corrected chi connectivity index (χ3v) is 2.66. The van der Waals surface area contributed by atoms with Gasteiger partial charge in [0.2, 0.25) is 0 Å². The SMILES string of the molecule is CC1CC(NCC(F)F)CN(CC(=O)O)C1. The highest BCUT2D eigenvalue weighted by molar-refractivity contribution is 5.69. The zero-order valence-corrected chi connectivity index (χ0v) is 9.33. The summed E-state index contributed by atoms with van der Waals surface area (Å²) in [5.41, 5.74) is 0. The first-order chi connectivity index (χ1) is 7.47. The molecule has 4 nitrogen and oxygen atoms in total. The minimum atomic E-state index is -2.36. The van der Waals surface area contributed by atoms with Crippen LogP contribution in [0.3, 0.4) is 0 Å². The number of nitrogens with zero attached hydrogens (tertiary/aromatic N) is 1. The summed E-state index contributed by atoms with van der Waals surface area (Å²) in [5.74, 6) is -0.537. The Hall–Kier alpha value is -0.750. The molecule has 94 valence electrons. The van der Waals surface area contributed by atoms with Crippen molar-refractivity contribution in [1.29, 1.82) is 0 Å². The summed E-state index contributed by atoms with van der Waals surface area (Å²) in [5, 5.41) is 11.4. The third-order valence-electron chi connectivity index (χ3n) is 2.66. The van der Waals surface area contributed by atoms with Crippen molar-refractivity contribution < 1.29 is 18.7 Å². The van der Waals surface area contributed by atoms with E-state index in [2.05, 4.69) is 5.32 Å². The lowest BCUT2D eigenvalue weighted by atomic mass is 9.96. The summed E-state index contributed by atoms with van der Waals surface area (Å²) in [6, 6.07) is -0.0305. The maximum Gasteiger partial charge on any atom is 0.317 e. The minimum Gasteiger partial charge on any atom is -0.480 e. The van der Waals surface area contributed by atoms with Crippen LogP contribution in [0.5, 0.6) is 0 Å². The van der Waals surface area contributed by atoms with Crippen molar-refractivity contribution in [2.75, 3.05) is 26.2 Å². The summed E-state index contributed by atoms with van der Waals surface area (Å²) >= 11 is 0. The lowest BCUT2D eigenvalue weighted by molar-refractivity contribution is -0.138. The molecule has 0 spiro atoms. The molecule has 0 saturated carbocycles. The lowest BCUT2D eigenvalue weighted by Gasteiger charge is -2.36. The highest BCUT2D eigenvalue weighted by atomic mass is 19.3. The van der Waals surface area contributed by atoms with Crippen LogP contribution in [0.15, 0.2) is 0 Å². The van der Waals surface area contributed by atoms with Gasteiger partial charge in [-0.2, -0.15) is 0 Å². The molecule has 16 heavy (non-hydrogen) atoms. The van der Waals surface area contributed by atoms with E-state index in [9.17, 15) is 13.6 Å². The number of piperidine rings is 1. The largest absolute Gasteiger partial charge is 0.480 e. The molecule has 1 saturated heterocycles. The second-order valence-corrected chi connectivity index (χ2v) is 4.42. The molecule has 0 bridgehead atoms. The molecule has 0 aromatic heterocycles. The van der Waals surface area contributed by atoms with Crippen LogP contribution in [-0.4, -0.2) is 54.6 Å². The van der Waals surface area contributed by atoms with E-state index in [-0.39, 0.29) is 19.1 Å².